The predicted molar refractivity (Wildman–Crippen MR) is 200 cm³/mol. The molecule has 2 aliphatic heterocycles. The molecule has 5 fully saturated rings. The minimum Gasteiger partial charge on any atom is -0.378 e. The lowest BCUT2D eigenvalue weighted by molar-refractivity contribution is -0.152. The molecule has 3 aliphatic carbocycles. The van der Waals surface area contributed by atoms with Gasteiger partial charge >= 0.3 is 0 Å². The SMILES string of the molecule is CCC[C@H]1C(=O)N[C@@H](C2CCCCCC2)C(=O)N[C@@H](CN)C(=O)N[C@@H](COCC2CNC2)C(=O)N[C@H](C)O[C@H](CC2CC3(CCC3)C2)[C@@H](C)C(=O)N1C. The number of rotatable bonds is 10. The van der Waals surface area contributed by atoms with E-state index in [0.29, 0.717) is 43.1 Å². The minimum absolute atomic E-state index is 0.0845. The third-order valence-corrected chi connectivity index (χ3v) is 12.7. The number of likely N-dealkylation sites (N-methyl/N-ethyl adjacent to an activating group) is 1. The summed E-state index contributed by atoms with van der Waals surface area (Å²) in [5.41, 5.74) is 6.50. The average Bonchev–Trinajstić information content (AvgIpc) is 3.36. The third kappa shape index (κ3) is 10.7. The van der Waals surface area contributed by atoms with Crippen molar-refractivity contribution in [1.82, 2.24) is 31.5 Å². The van der Waals surface area contributed by atoms with Gasteiger partial charge in [-0.25, -0.2) is 0 Å². The number of nitrogens with zero attached hydrogens (tertiary/aromatic N) is 1. The van der Waals surface area contributed by atoms with Crippen LogP contribution in [0.1, 0.15) is 111 Å². The maximum atomic E-state index is 14.3. The van der Waals surface area contributed by atoms with Gasteiger partial charge in [-0.2, -0.15) is 0 Å². The van der Waals surface area contributed by atoms with Gasteiger partial charge in [-0.05, 0) is 75.5 Å². The molecule has 7 N–H and O–H groups in total. The molecule has 0 aromatic carbocycles. The Labute approximate surface area is 315 Å². The van der Waals surface area contributed by atoms with E-state index >= 15 is 0 Å². The summed E-state index contributed by atoms with van der Waals surface area (Å²) < 4.78 is 12.4. The zero-order valence-electron chi connectivity index (χ0n) is 32.6. The Bertz CT molecular complexity index is 1260. The molecule has 0 radical (unpaired) electrons. The largest absolute Gasteiger partial charge is 0.378 e. The van der Waals surface area contributed by atoms with Gasteiger partial charge in [0.05, 0.1) is 25.2 Å². The predicted octanol–water partition coefficient (Wildman–Crippen LogP) is 1.70. The number of nitrogens with one attached hydrogen (secondary N) is 5. The summed E-state index contributed by atoms with van der Waals surface area (Å²) in [5, 5.41) is 14.7. The van der Waals surface area contributed by atoms with Crippen LogP contribution >= 0.6 is 0 Å². The van der Waals surface area contributed by atoms with Crippen LogP contribution in [0, 0.1) is 29.1 Å². The second kappa shape index (κ2) is 19.2. The van der Waals surface area contributed by atoms with Gasteiger partial charge in [0.2, 0.25) is 29.5 Å². The zero-order valence-corrected chi connectivity index (χ0v) is 32.6. The van der Waals surface area contributed by atoms with Gasteiger partial charge in [-0.3, -0.25) is 24.0 Å². The summed E-state index contributed by atoms with van der Waals surface area (Å²) in [4.78, 5) is 71.7. The fourth-order valence-electron chi connectivity index (χ4n) is 9.19. The van der Waals surface area contributed by atoms with Gasteiger partial charge < -0.3 is 46.7 Å². The van der Waals surface area contributed by atoms with Crippen LogP contribution < -0.4 is 32.3 Å². The van der Waals surface area contributed by atoms with E-state index in [2.05, 4.69) is 26.6 Å². The summed E-state index contributed by atoms with van der Waals surface area (Å²) in [5.74, 6) is -2.26. The topological polar surface area (TPSA) is 193 Å². The Hall–Kier alpha value is -2.81. The molecule has 1 spiro atoms. The lowest BCUT2D eigenvalue weighted by Crippen LogP contribution is -2.62. The minimum atomic E-state index is -1.16. The second-order valence-corrected chi connectivity index (χ2v) is 16.9. The number of carbonyl (C=O) groups excluding carboxylic acids is 5. The van der Waals surface area contributed by atoms with Gasteiger partial charge in [-0.15, -0.1) is 0 Å². The first-order valence-electron chi connectivity index (χ1n) is 20.6. The van der Waals surface area contributed by atoms with Crippen LogP contribution in [0.5, 0.6) is 0 Å². The number of hydrogen-bond donors (Lipinski definition) is 6. The Kier molecular flexibility index (Phi) is 15.0. The fourth-order valence-corrected chi connectivity index (χ4v) is 9.19. The maximum absolute atomic E-state index is 14.3. The standard InChI is InChI=1S/C39H67N7O7/c1-5-11-31-36(49)45-33(28-12-8-6-7-9-13-28)37(50)43-29(19-40)34(47)44-30(23-52-22-27-20-41-21-27)35(48)42-25(3)53-32(24(2)38(51)46(31)4)16-26-17-39(18-26)14-10-15-39/h24-33,41H,5-23,40H2,1-4H3,(H,42,48)(H,43,50)(H,44,47)(H,45,49)/t24-,25+,29+,30+,31+,32-,33+/m1/s1. The lowest BCUT2D eigenvalue weighted by atomic mass is 9.51. The van der Waals surface area contributed by atoms with Crippen LogP contribution in [-0.2, 0) is 33.4 Å². The second-order valence-electron chi connectivity index (χ2n) is 16.9. The monoisotopic (exact) mass is 746 g/mol. The molecule has 5 amide bonds. The molecule has 2 heterocycles. The van der Waals surface area contributed by atoms with Crippen LogP contribution in [0.25, 0.3) is 0 Å². The van der Waals surface area contributed by atoms with E-state index in [9.17, 15) is 24.0 Å². The lowest BCUT2D eigenvalue weighted by Gasteiger charge is -2.55. The number of carbonyl (C=O) groups is 5. The van der Waals surface area contributed by atoms with Crippen molar-refractivity contribution in [2.75, 3.05) is 39.9 Å². The molecular weight excluding hydrogens is 678 g/mol. The number of ether oxygens (including phenoxy) is 2. The smallest absolute Gasteiger partial charge is 0.246 e. The summed E-state index contributed by atoms with van der Waals surface area (Å²) in [6, 6.07) is -3.98. The molecule has 2 saturated heterocycles. The number of nitrogens with two attached hydrogens (primary N) is 1. The van der Waals surface area contributed by atoms with Crippen molar-refractivity contribution < 1.29 is 33.4 Å². The van der Waals surface area contributed by atoms with Crippen molar-refractivity contribution in [3.63, 3.8) is 0 Å². The Balaban J connectivity index is 1.43. The van der Waals surface area contributed by atoms with Crippen LogP contribution in [0.4, 0.5) is 0 Å². The third-order valence-electron chi connectivity index (χ3n) is 12.7. The van der Waals surface area contributed by atoms with E-state index in [1.807, 2.05) is 13.8 Å². The molecule has 7 atom stereocenters. The molecule has 0 aromatic heterocycles. The molecule has 300 valence electrons. The first kappa shape index (κ1) is 41.4. The van der Waals surface area contributed by atoms with Crippen molar-refractivity contribution >= 4 is 29.5 Å². The highest BCUT2D eigenvalue weighted by atomic mass is 16.5. The summed E-state index contributed by atoms with van der Waals surface area (Å²) in [6.45, 7) is 7.30. The number of hydrogen-bond acceptors (Lipinski definition) is 9. The van der Waals surface area contributed by atoms with Crippen LogP contribution in [0.15, 0.2) is 0 Å². The van der Waals surface area contributed by atoms with Gasteiger partial charge in [0.25, 0.3) is 0 Å². The molecular formula is C39H67N7O7. The first-order valence-corrected chi connectivity index (χ1v) is 20.6. The van der Waals surface area contributed by atoms with Crippen molar-refractivity contribution in [3.05, 3.63) is 0 Å². The Morgan fingerprint density at radius 2 is 1.47 bits per heavy atom. The fraction of sp³-hybridized carbons (Fsp3) is 0.872. The van der Waals surface area contributed by atoms with Crippen molar-refractivity contribution in [2.45, 2.75) is 147 Å². The van der Waals surface area contributed by atoms with E-state index in [1.165, 1.54) is 24.2 Å². The Morgan fingerprint density at radius 1 is 0.811 bits per heavy atom. The molecule has 14 heteroatoms. The van der Waals surface area contributed by atoms with Gasteiger partial charge in [0, 0.05) is 32.6 Å². The molecule has 14 nitrogen and oxygen atoms in total. The molecule has 0 unspecified atom stereocenters. The molecule has 3 saturated carbocycles. The van der Waals surface area contributed by atoms with Crippen LogP contribution in [0.3, 0.4) is 0 Å². The highest BCUT2D eigenvalue weighted by Gasteiger charge is 2.49. The number of amides is 5. The zero-order chi connectivity index (χ0) is 38.1. The molecule has 5 aliphatic rings. The molecule has 53 heavy (non-hydrogen) atoms. The van der Waals surface area contributed by atoms with Gasteiger partial charge in [0.1, 0.15) is 30.4 Å². The maximum Gasteiger partial charge on any atom is 0.246 e. The normalized spacial score (nSPS) is 33.3. The van der Waals surface area contributed by atoms with Gasteiger partial charge in [0.15, 0.2) is 0 Å². The van der Waals surface area contributed by atoms with E-state index < -0.39 is 66.0 Å². The van der Waals surface area contributed by atoms with Crippen molar-refractivity contribution in [1.29, 1.82) is 0 Å². The summed E-state index contributed by atoms with van der Waals surface area (Å²) in [7, 11) is 1.66. The molecule has 5 rings (SSSR count). The summed E-state index contributed by atoms with van der Waals surface area (Å²) >= 11 is 0. The Morgan fingerprint density at radius 3 is 2.06 bits per heavy atom. The quantitative estimate of drug-likeness (QED) is 0.181. The summed E-state index contributed by atoms with van der Waals surface area (Å²) in [6.07, 6.45) is 11.9. The van der Waals surface area contributed by atoms with E-state index in [4.69, 9.17) is 15.2 Å². The van der Waals surface area contributed by atoms with Crippen LogP contribution in [-0.4, -0.2) is 111 Å². The van der Waals surface area contributed by atoms with E-state index in [1.54, 1.807) is 14.0 Å². The average molecular weight is 746 g/mol. The van der Waals surface area contributed by atoms with Crippen molar-refractivity contribution in [3.8, 4) is 0 Å². The molecule has 0 aromatic rings. The highest BCUT2D eigenvalue weighted by molar-refractivity contribution is 5.96. The van der Waals surface area contributed by atoms with E-state index in [-0.39, 0.29) is 25.0 Å². The highest BCUT2D eigenvalue weighted by Crippen LogP contribution is 2.60. The first-order chi connectivity index (χ1) is 25.4. The van der Waals surface area contributed by atoms with Gasteiger partial charge in [-0.1, -0.05) is 52.4 Å². The van der Waals surface area contributed by atoms with Crippen LogP contribution in [0.2, 0.25) is 0 Å². The van der Waals surface area contributed by atoms with Crippen molar-refractivity contribution in [2.24, 2.45) is 34.8 Å². The molecule has 0 bridgehead atoms. The van der Waals surface area contributed by atoms with E-state index in [0.717, 1.165) is 64.5 Å².